The van der Waals surface area contributed by atoms with E-state index in [0.717, 1.165) is 11.1 Å². The van der Waals surface area contributed by atoms with E-state index in [4.69, 9.17) is 4.42 Å². The third-order valence-corrected chi connectivity index (χ3v) is 3.10. The van der Waals surface area contributed by atoms with Gasteiger partial charge in [0.2, 0.25) is 0 Å². The normalized spacial score (nSPS) is 10.8. The van der Waals surface area contributed by atoms with E-state index < -0.39 is 0 Å². The number of halogens is 1. The van der Waals surface area contributed by atoms with Gasteiger partial charge in [-0.25, -0.2) is 4.39 Å². The van der Waals surface area contributed by atoms with Crippen molar-refractivity contribution in [2.24, 2.45) is 0 Å². The molecule has 0 unspecified atom stereocenters. The number of fused-ring (bicyclic) bond motifs is 1. The third kappa shape index (κ3) is 2.56. The van der Waals surface area contributed by atoms with Crippen LogP contribution in [0.3, 0.4) is 0 Å². The molecule has 0 saturated carbocycles. The van der Waals surface area contributed by atoms with Crippen molar-refractivity contribution >= 4 is 17.0 Å². The molecule has 0 radical (unpaired) electrons. The number of carbonyl (C=O) groups excluding carboxylic acids is 1. The summed E-state index contributed by atoms with van der Waals surface area (Å²) < 4.78 is 17.9. The topological polar surface area (TPSA) is 58.0 Å². The highest BCUT2D eigenvalue weighted by Gasteiger charge is 2.10. The van der Waals surface area contributed by atoms with E-state index in [1.807, 2.05) is 0 Å². The minimum absolute atomic E-state index is 0.182. The summed E-state index contributed by atoms with van der Waals surface area (Å²) in [4.78, 5) is 14.9. The summed E-state index contributed by atoms with van der Waals surface area (Å²) >= 11 is 0. The Morgan fingerprint density at radius 2 is 2.05 bits per heavy atom. The monoisotopic (exact) mass is 272 g/mol. The number of furan rings is 1. The molecule has 102 valence electrons. The highest BCUT2D eigenvalue weighted by molar-refractivity contribution is 5.96. The van der Waals surface area contributed by atoms with Crippen molar-refractivity contribution in [3.05, 3.63) is 59.7 Å². The maximum absolute atomic E-state index is 12.7. The maximum Gasteiger partial charge on any atom is 0.267 e. The van der Waals surface area contributed by atoms with Gasteiger partial charge in [0.25, 0.3) is 5.91 Å². The van der Waals surface area contributed by atoms with E-state index in [1.54, 1.807) is 30.5 Å². The Morgan fingerprint density at radius 3 is 2.80 bits per heavy atom. The highest BCUT2D eigenvalue weighted by Crippen LogP contribution is 2.15. The summed E-state index contributed by atoms with van der Waals surface area (Å²) in [7, 11) is 0. The van der Waals surface area contributed by atoms with E-state index in [1.165, 1.54) is 12.1 Å². The molecule has 0 aliphatic carbocycles. The number of amides is 1. The Morgan fingerprint density at radius 1 is 1.25 bits per heavy atom. The molecule has 0 spiro atoms. The van der Waals surface area contributed by atoms with Crippen LogP contribution in [0.1, 0.15) is 16.1 Å². The van der Waals surface area contributed by atoms with Crippen LogP contribution in [0.2, 0.25) is 0 Å². The van der Waals surface area contributed by atoms with E-state index in [-0.39, 0.29) is 11.7 Å². The molecule has 0 bridgehead atoms. The molecule has 20 heavy (non-hydrogen) atoms. The Kier molecular flexibility index (Phi) is 3.25. The summed E-state index contributed by atoms with van der Waals surface area (Å²) in [5.41, 5.74) is 2.91. The number of aromatic nitrogens is 1. The van der Waals surface area contributed by atoms with Gasteiger partial charge >= 0.3 is 0 Å². The van der Waals surface area contributed by atoms with Gasteiger partial charge in [-0.3, -0.25) is 4.79 Å². The number of aromatic amines is 1. The Bertz CT molecular complexity index is 699. The number of H-pyrrole nitrogens is 1. The first-order valence-corrected chi connectivity index (χ1v) is 6.31. The lowest BCUT2D eigenvalue weighted by Gasteiger charge is -2.04. The minimum atomic E-state index is -0.258. The summed E-state index contributed by atoms with van der Waals surface area (Å²) in [6, 6.07) is 9.69. The fourth-order valence-electron chi connectivity index (χ4n) is 2.04. The summed E-state index contributed by atoms with van der Waals surface area (Å²) in [5, 5.41) is 2.81. The Hall–Kier alpha value is -2.56. The molecule has 1 amide bonds. The molecular formula is C15H13FN2O2. The first-order valence-electron chi connectivity index (χ1n) is 6.31. The van der Waals surface area contributed by atoms with E-state index >= 15 is 0 Å². The number of benzene rings is 1. The van der Waals surface area contributed by atoms with Crippen molar-refractivity contribution in [3.8, 4) is 0 Å². The summed E-state index contributed by atoms with van der Waals surface area (Å²) in [5.74, 6) is -0.440. The van der Waals surface area contributed by atoms with Crippen LogP contribution in [-0.4, -0.2) is 17.4 Å². The molecule has 0 atom stereocenters. The molecule has 0 saturated heterocycles. The molecule has 2 N–H and O–H groups in total. The zero-order valence-corrected chi connectivity index (χ0v) is 10.7. The van der Waals surface area contributed by atoms with Gasteiger partial charge in [0.05, 0.1) is 11.8 Å². The van der Waals surface area contributed by atoms with E-state index in [9.17, 15) is 9.18 Å². The second-order valence-electron chi connectivity index (χ2n) is 4.51. The molecule has 0 fully saturated rings. The molecule has 3 rings (SSSR count). The molecule has 1 aromatic carbocycles. The summed E-state index contributed by atoms with van der Waals surface area (Å²) in [6.45, 7) is 0.491. The second-order valence-corrected chi connectivity index (χ2v) is 4.51. The van der Waals surface area contributed by atoms with Crippen LogP contribution in [0.4, 0.5) is 4.39 Å². The lowest BCUT2D eigenvalue weighted by molar-refractivity contribution is 0.0950. The van der Waals surface area contributed by atoms with Crippen LogP contribution in [0, 0.1) is 5.82 Å². The van der Waals surface area contributed by atoms with Crippen molar-refractivity contribution in [3.63, 3.8) is 0 Å². The molecule has 0 aliphatic rings. The van der Waals surface area contributed by atoms with Crippen LogP contribution >= 0.6 is 0 Å². The van der Waals surface area contributed by atoms with E-state index in [0.29, 0.717) is 24.2 Å². The Balaban J connectivity index is 1.56. The van der Waals surface area contributed by atoms with Gasteiger partial charge in [0.1, 0.15) is 11.5 Å². The standard InChI is InChI=1S/C15H13FN2O2/c16-11-3-1-10(2-4-11)5-7-17-15(19)13-9-14-12(18-13)6-8-20-14/h1-4,6,8-9,18H,5,7H2,(H,17,19). The highest BCUT2D eigenvalue weighted by atomic mass is 19.1. The van der Waals surface area contributed by atoms with Gasteiger partial charge in [-0.15, -0.1) is 0 Å². The predicted molar refractivity (Wildman–Crippen MR) is 73.0 cm³/mol. The molecule has 2 heterocycles. The fourth-order valence-corrected chi connectivity index (χ4v) is 2.04. The van der Waals surface area contributed by atoms with Gasteiger partial charge in [-0.05, 0) is 24.1 Å². The van der Waals surface area contributed by atoms with E-state index in [2.05, 4.69) is 10.3 Å². The zero-order valence-electron chi connectivity index (χ0n) is 10.7. The lowest BCUT2D eigenvalue weighted by atomic mass is 10.1. The predicted octanol–water partition coefficient (Wildman–Crippen LogP) is 2.87. The van der Waals surface area contributed by atoms with Crippen LogP contribution in [0.25, 0.3) is 11.1 Å². The quantitative estimate of drug-likeness (QED) is 0.767. The smallest absolute Gasteiger partial charge is 0.267 e. The molecule has 3 aromatic rings. The van der Waals surface area contributed by atoms with Crippen molar-refractivity contribution in [2.45, 2.75) is 6.42 Å². The molecule has 0 aliphatic heterocycles. The minimum Gasteiger partial charge on any atom is -0.463 e. The Labute approximate surface area is 114 Å². The average molecular weight is 272 g/mol. The second kappa shape index (κ2) is 5.21. The van der Waals surface area contributed by atoms with Gasteiger partial charge in [-0.2, -0.15) is 0 Å². The van der Waals surface area contributed by atoms with Crippen molar-refractivity contribution < 1.29 is 13.6 Å². The van der Waals surface area contributed by atoms with Crippen LogP contribution in [0.15, 0.2) is 47.1 Å². The van der Waals surface area contributed by atoms with Gasteiger partial charge in [0.15, 0.2) is 5.58 Å². The fraction of sp³-hybridized carbons (Fsp3) is 0.133. The molecule has 2 aromatic heterocycles. The third-order valence-electron chi connectivity index (χ3n) is 3.10. The number of hydrogen-bond acceptors (Lipinski definition) is 2. The number of carbonyl (C=O) groups is 1. The molecular weight excluding hydrogens is 259 g/mol. The SMILES string of the molecule is O=C(NCCc1ccc(F)cc1)c1cc2occc2[nH]1. The van der Waals surface area contributed by atoms with Crippen LogP contribution in [-0.2, 0) is 6.42 Å². The van der Waals surface area contributed by atoms with Gasteiger partial charge in [-0.1, -0.05) is 12.1 Å². The molecule has 4 nitrogen and oxygen atoms in total. The average Bonchev–Trinajstić information content (AvgIpc) is 3.02. The van der Waals surface area contributed by atoms with Crippen molar-refractivity contribution in [1.82, 2.24) is 10.3 Å². The number of rotatable bonds is 4. The summed E-state index contributed by atoms with van der Waals surface area (Å²) in [6.07, 6.45) is 2.22. The number of nitrogens with one attached hydrogen (secondary N) is 2. The van der Waals surface area contributed by atoms with Crippen LogP contribution in [0.5, 0.6) is 0 Å². The lowest BCUT2D eigenvalue weighted by Crippen LogP contribution is -2.25. The maximum atomic E-state index is 12.7. The molecule has 5 heteroatoms. The zero-order chi connectivity index (χ0) is 13.9. The first kappa shape index (κ1) is 12.5. The van der Waals surface area contributed by atoms with Gasteiger partial charge in [0, 0.05) is 18.7 Å². The number of hydrogen-bond donors (Lipinski definition) is 2. The first-order chi connectivity index (χ1) is 9.72. The van der Waals surface area contributed by atoms with Gasteiger partial charge < -0.3 is 14.7 Å². The van der Waals surface area contributed by atoms with Crippen molar-refractivity contribution in [2.75, 3.05) is 6.54 Å². The van der Waals surface area contributed by atoms with Crippen molar-refractivity contribution in [1.29, 1.82) is 0 Å². The largest absolute Gasteiger partial charge is 0.463 e. The van der Waals surface area contributed by atoms with Crippen LogP contribution < -0.4 is 5.32 Å².